The van der Waals surface area contributed by atoms with E-state index in [0.29, 0.717) is 5.56 Å². The van der Waals surface area contributed by atoms with Gasteiger partial charge in [0.25, 0.3) is 0 Å². The molecule has 0 saturated heterocycles. The molecule has 2 heterocycles. The first kappa shape index (κ1) is 14.9. The van der Waals surface area contributed by atoms with Crippen molar-refractivity contribution in [2.45, 2.75) is 0 Å². The highest BCUT2D eigenvalue weighted by Gasteiger charge is 2.18. The summed E-state index contributed by atoms with van der Waals surface area (Å²) in [4.78, 5) is 16.5. The molecule has 5 heteroatoms. The first-order valence-electron chi connectivity index (χ1n) is 7.42. The van der Waals surface area contributed by atoms with Gasteiger partial charge in [0, 0.05) is 21.4 Å². The summed E-state index contributed by atoms with van der Waals surface area (Å²) in [5, 5.41) is 2.18. The Bertz CT molecular complexity index is 1090. The van der Waals surface area contributed by atoms with E-state index in [2.05, 4.69) is 31.5 Å². The quantitative estimate of drug-likeness (QED) is 0.472. The summed E-state index contributed by atoms with van der Waals surface area (Å²) in [5.74, 6) is -0.360. The van der Waals surface area contributed by atoms with Crippen molar-refractivity contribution < 1.29 is 9.53 Å². The maximum atomic E-state index is 12.2. The number of carbonyl (C=O) groups excluding carboxylic acids is 1. The monoisotopic (exact) mass is 380 g/mol. The molecule has 0 atom stereocenters. The van der Waals surface area contributed by atoms with Crippen LogP contribution in [0.25, 0.3) is 27.5 Å². The third-order valence-corrected chi connectivity index (χ3v) is 4.57. The largest absolute Gasteiger partial charge is 0.465 e. The summed E-state index contributed by atoms with van der Waals surface area (Å²) in [5.41, 5.74) is 3.25. The lowest BCUT2D eigenvalue weighted by Crippen LogP contribution is -2.07. The van der Waals surface area contributed by atoms with Gasteiger partial charge in [-0.1, -0.05) is 28.1 Å². The normalized spacial score (nSPS) is 11.1. The first-order valence-corrected chi connectivity index (χ1v) is 8.21. The minimum Gasteiger partial charge on any atom is -0.465 e. The van der Waals surface area contributed by atoms with E-state index in [4.69, 9.17) is 4.74 Å². The predicted octanol–water partition coefficient (Wildman–Crippen LogP) is 4.73. The van der Waals surface area contributed by atoms with Crippen LogP contribution in [0.4, 0.5) is 0 Å². The highest BCUT2D eigenvalue weighted by molar-refractivity contribution is 9.10. The van der Waals surface area contributed by atoms with E-state index in [9.17, 15) is 4.79 Å². The van der Waals surface area contributed by atoms with E-state index in [1.165, 1.54) is 7.11 Å². The van der Waals surface area contributed by atoms with Gasteiger partial charge in [0.05, 0.1) is 35.6 Å². The lowest BCUT2D eigenvalue weighted by atomic mass is 10.1. The van der Waals surface area contributed by atoms with E-state index < -0.39 is 0 Å². The van der Waals surface area contributed by atoms with Crippen LogP contribution in [0, 0.1) is 0 Å². The van der Waals surface area contributed by atoms with Gasteiger partial charge >= 0.3 is 5.97 Å². The van der Waals surface area contributed by atoms with Crippen LogP contribution in [-0.4, -0.2) is 22.6 Å². The molecule has 0 radical (unpaired) electrons. The Morgan fingerprint density at radius 3 is 2.75 bits per heavy atom. The van der Waals surface area contributed by atoms with Crippen molar-refractivity contribution in [3.8, 4) is 5.69 Å². The fourth-order valence-corrected chi connectivity index (χ4v) is 3.41. The van der Waals surface area contributed by atoms with Crippen LogP contribution >= 0.6 is 15.9 Å². The molecule has 0 N–H and O–H groups in total. The topological polar surface area (TPSA) is 44.1 Å². The molecule has 0 fully saturated rings. The molecular weight excluding hydrogens is 368 g/mol. The Morgan fingerprint density at radius 2 is 1.92 bits per heavy atom. The van der Waals surface area contributed by atoms with Gasteiger partial charge in [-0.2, -0.15) is 0 Å². The number of halogens is 1. The molecule has 0 aliphatic heterocycles. The molecule has 118 valence electrons. The van der Waals surface area contributed by atoms with Crippen molar-refractivity contribution in [3.05, 3.63) is 71.0 Å². The van der Waals surface area contributed by atoms with Crippen molar-refractivity contribution >= 4 is 43.7 Å². The zero-order chi connectivity index (χ0) is 16.7. The Morgan fingerprint density at radius 1 is 1.08 bits per heavy atom. The van der Waals surface area contributed by atoms with E-state index >= 15 is 0 Å². The minimum atomic E-state index is -0.360. The average molecular weight is 381 g/mol. The number of para-hydroxylation sites is 1. The molecule has 0 unspecified atom stereocenters. The van der Waals surface area contributed by atoms with E-state index in [0.717, 1.165) is 32.0 Å². The summed E-state index contributed by atoms with van der Waals surface area (Å²) < 4.78 is 8.00. The van der Waals surface area contributed by atoms with Crippen LogP contribution in [0.5, 0.6) is 0 Å². The third-order valence-electron chi connectivity index (χ3n) is 4.08. The second kappa shape index (κ2) is 5.76. The van der Waals surface area contributed by atoms with Crippen molar-refractivity contribution in [3.63, 3.8) is 0 Å². The highest BCUT2D eigenvalue weighted by Crippen LogP contribution is 2.34. The Kier molecular flexibility index (Phi) is 3.58. The molecule has 2 aromatic heterocycles. The molecule has 0 spiro atoms. The number of hydrogen-bond acceptors (Lipinski definition) is 3. The Hall–Kier alpha value is -2.66. The average Bonchev–Trinajstić information content (AvgIpc) is 2.94. The number of carbonyl (C=O) groups is 1. The van der Waals surface area contributed by atoms with Gasteiger partial charge in [0.1, 0.15) is 0 Å². The Labute approximate surface area is 146 Å². The number of nitrogens with zero attached hydrogens (tertiary/aromatic N) is 2. The molecular formula is C19H13BrN2O2. The highest BCUT2D eigenvalue weighted by atomic mass is 79.9. The summed E-state index contributed by atoms with van der Waals surface area (Å²) >= 11 is 3.53. The van der Waals surface area contributed by atoms with Crippen LogP contribution in [0.3, 0.4) is 0 Å². The zero-order valence-electron chi connectivity index (χ0n) is 12.9. The van der Waals surface area contributed by atoms with Gasteiger partial charge in [-0.05, 0) is 36.4 Å². The lowest BCUT2D eigenvalue weighted by molar-refractivity contribution is 0.0601. The van der Waals surface area contributed by atoms with Gasteiger partial charge in [-0.15, -0.1) is 0 Å². The van der Waals surface area contributed by atoms with Gasteiger partial charge in [-0.25, -0.2) is 4.79 Å². The smallest absolute Gasteiger partial charge is 0.339 e. The molecule has 24 heavy (non-hydrogen) atoms. The number of aromatic nitrogens is 2. The van der Waals surface area contributed by atoms with E-state index in [-0.39, 0.29) is 5.97 Å². The molecule has 0 aliphatic rings. The van der Waals surface area contributed by atoms with Gasteiger partial charge in [0.2, 0.25) is 0 Å². The second-order valence-electron chi connectivity index (χ2n) is 5.40. The summed E-state index contributed by atoms with van der Waals surface area (Å²) in [7, 11) is 1.39. The Balaban J connectivity index is 2.16. The number of fused-ring (bicyclic) bond motifs is 3. The second-order valence-corrected chi connectivity index (χ2v) is 6.31. The summed E-state index contributed by atoms with van der Waals surface area (Å²) in [6.07, 6.45) is 3.59. The van der Waals surface area contributed by atoms with E-state index in [1.807, 2.05) is 42.6 Å². The van der Waals surface area contributed by atoms with Crippen LogP contribution in [0.1, 0.15) is 10.4 Å². The number of benzene rings is 2. The molecule has 0 bridgehead atoms. The van der Waals surface area contributed by atoms with E-state index in [1.54, 1.807) is 12.3 Å². The number of methoxy groups -OCH3 is 1. The minimum absolute atomic E-state index is 0.360. The fourth-order valence-electron chi connectivity index (χ4n) is 3.05. The van der Waals surface area contributed by atoms with Crippen LogP contribution < -0.4 is 0 Å². The molecule has 0 amide bonds. The fraction of sp³-hybridized carbons (Fsp3) is 0.0526. The molecule has 4 aromatic rings. The number of hydrogen-bond donors (Lipinski definition) is 0. The maximum Gasteiger partial charge on any atom is 0.339 e. The van der Waals surface area contributed by atoms with Crippen LogP contribution in [-0.2, 0) is 4.74 Å². The molecule has 0 saturated carbocycles. The summed E-state index contributed by atoms with van der Waals surface area (Å²) in [6.45, 7) is 0. The molecule has 4 nitrogen and oxygen atoms in total. The SMILES string of the molecule is COC(=O)c1ccccc1-n1c2ccc(Br)cc2c2ccncc21. The third kappa shape index (κ3) is 2.20. The van der Waals surface area contributed by atoms with Crippen LogP contribution in [0.15, 0.2) is 65.4 Å². The van der Waals surface area contributed by atoms with Gasteiger partial charge < -0.3 is 9.30 Å². The number of rotatable bonds is 2. The summed E-state index contributed by atoms with van der Waals surface area (Å²) in [6, 6.07) is 15.5. The molecule has 4 rings (SSSR count). The lowest BCUT2D eigenvalue weighted by Gasteiger charge is -2.11. The van der Waals surface area contributed by atoms with Crippen molar-refractivity contribution in [1.29, 1.82) is 0 Å². The van der Waals surface area contributed by atoms with Crippen LogP contribution in [0.2, 0.25) is 0 Å². The number of esters is 1. The van der Waals surface area contributed by atoms with Crippen molar-refractivity contribution in [1.82, 2.24) is 9.55 Å². The predicted molar refractivity (Wildman–Crippen MR) is 97.6 cm³/mol. The zero-order valence-corrected chi connectivity index (χ0v) is 14.4. The van der Waals surface area contributed by atoms with Gasteiger partial charge in [0.15, 0.2) is 0 Å². The molecule has 0 aliphatic carbocycles. The standard InChI is InChI=1S/C19H13BrN2O2/c1-24-19(23)14-4-2-3-5-16(14)22-17-7-6-12(20)10-15(17)13-8-9-21-11-18(13)22/h2-11H,1H3. The van der Waals surface area contributed by atoms with Crippen molar-refractivity contribution in [2.75, 3.05) is 7.11 Å². The molecule has 2 aromatic carbocycles. The van der Waals surface area contributed by atoms with Crippen molar-refractivity contribution in [2.24, 2.45) is 0 Å². The first-order chi connectivity index (χ1) is 11.7. The maximum absolute atomic E-state index is 12.2. The number of ether oxygens (including phenoxy) is 1. The number of pyridine rings is 1. The van der Waals surface area contributed by atoms with Gasteiger partial charge in [-0.3, -0.25) is 4.98 Å².